The average molecular weight is 515 g/mol. The van der Waals surface area contributed by atoms with Crippen molar-refractivity contribution in [3.05, 3.63) is 47.3 Å². The lowest BCUT2D eigenvalue weighted by molar-refractivity contribution is 0.110. The van der Waals surface area contributed by atoms with Crippen LogP contribution in [0.3, 0.4) is 0 Å². The maximum atomic E-state index is 5.90. The van der Waals surface area contributed by atoms with E-state index in [1.807, 2.05) is 24.7 Å². The van der Waals surface area contributed by atoms with Crippen LogP contribution in [-0.2, 0) is 17.8 Å². The zero-order chi connectivity index (χ0) is 20.2. The SMILES string of the molecule is CCOCCOc1cc(C)ccc1CNC(=NC)NCCCn1cc(C)cn1.I. The van der Waals surface area contributed by atoms with Crippen molar-refractivity contribution >= 4 is 29.9 Å². The Morgan fingerprint density at radius 2 is 2.00 bits per heavy atom. The van der Waals surface area contributed by atoms with Crippen LogP contribution in [-0.4, -0.2) is 49.2 Å². The highest BCUT2D eigenvalue weighted by atomic mass is 127. The highest BCUT2D eigenvalue weighted by molar-refractivity contribution is 14.0. The van der Waals surface area contributed by atoms with Gasteiger partial charge in [-0.1, -0.05) is 12.1 Å². The highest BCUT2D eigenvalue weighted by Gasteiger charge is 2.06. The van der Waals surface area contributed by atoms with Gasteiger partial charge < -0.3 is 20.1 Å². The topological polar surface area (TPSA) is 72.7 Å². The summed E-state index contributed by atoms with van der Waals surface area (Å²) in [5.41, 5.74) is 3.45. The second kappa shape index (κ2) is 14.2. The minimum absolute atomic E-state index is 0. The maximum Gasteiger partial charge on any atom is 0.191 e. The van der Waals surface area contributed by atoms with Crippen LogP contribution in [0.4, 0.5) is 0 Å². The minimum atomic E-state index is 0. The van der Waals surface area contributed by atoms with Gasteiger partial charge in [-0.2, -0.15) is 5.10 Å². The number of aliphatic imine (C=N–C) groups is 1. The Morgan fingerprint density at radius 1 is 1.17 bits per heavy atom. The summed E-state index contributed by atoms with van der Waals surface area (Å²) in [5, 5.41) is 11.0. The quantitative estimate of drug-likeness (QED) is 0.208. The van der Waals surface area contributed by atoms with E-state index in [2.05, 4.69) is 52.0 Å². The predicted octanol–water partition coefficient (Wildman–Crippen LogP) is 3.29. The first-order valence-corrected chi connectivity index (χ1v) is 9.86. The monoisotopic (exact) mass is 515 g/mol. The fraction of sp³-hybridized carbons (Fsp3) is 0.524. The summed E-state index contributed by atoms with van der Waals surface area (Å²) in [4.78, 5) is 4.30. The summed E-state index contributed by atoms with van der Waals surface area (Å²) >= 11 is 0. The van der Waals surface area contributed by atoms with E-state index in [1.165, 1.54) is 11.1 Å². The largest absolute Gasteiger partial charge is 0.491 e. The Kier molecular flexibility index (Phi) is 12.4. The molecule has 29 heavy (non-hydrogen) atoms. The number of halogens is 1. The van der Waals surface area contributed by atoms with E-state index in [0.29, 0.717) is 26.4 Å². The third-order valence-electron chi connectivity index (χ3n) is 4.20. The predicted molar refractivity (Wildman–Crippen MR) is 128 cm³/mol. The van der Waals surface area contributed by atoms with Crippen LogP contribution in [0.2, 0.25) is 0 Å². The van der Waals surface area contributed by atoms with Gasteiger partial charge in [-0.15, -0.1) is 24.0 Å². The lowest BCUT2D eigenvalue weighted by atomic mass is 10.1. The molecule has 2 N–H and O–H groups in total. The zero-order valence-electron chi connectivity index (χ0n) is 17.9. The van der Waals surface area contributed by atoms with Crippen molar-refractivity contribution in [2.45, 2.75) is 40.3 Å². The van der Waals surface area contributed by atoms with Gasteiger partial charge in [-0.05, 0) is 44.4 Å². The van der Waals surface area contributed by atoms with E-state index in [9.17, 15) is 0 Å². The number of guanidine groups is 1. The summed E-state index contributed by atoms with van der Waals surface area (Å²) in [6, 6.07) is 6.24. The molecule has 1 heterocycles. The number of aromatic nitrogens is 2. The van der Waals surface area contributed by atoms with E-state index in [1.54, 1.807) is 7.05 Å². The normalized spacial score (nSPS) is 11.1. The van der Waals surface area contributed by atoms with Crippen molar-refractivity contribution in [1.29, 1.82) is 0 Å². The Hall–Kier alpha value is -1.81. The Bertz CT molecular complexity index is 748. The molecule has 0 saturated heterocycles. The number of hydrogen-bond acceptors (Lipinski definition) is 4. The standard InChI is InChI=1S/C21H33N5O2.HI/c1-5-27-11-12-28-20-13-17(2)7-8-19(20)15-24-21(22-4)23-9-6-10-26-16-18(3)14-25-26;/h7-8,13-14,16H,5-6,9-12,15H2,1-4H3,(H2,22,23,24);1H. The molecule has 0 bridgehead atoms. The lowest BCUT2D eigenvalue weighted by Crippen LogP contribution is -2.37. The van der Waals surface area contributed by atoms with Crippen LogP contribution < -0.4 is 15.4 Å². The van der Waals surface area contributed by atoms with Gasteiger partial charge in [-0.3, -0.25) is 9.67 Å². The number of benzene rings is 1. The third kappa shape index (κ3) is 9.49. The molecule has 0 amide bonds. The van der Waals surface area contributed by atoms with E-state index in [-0.39, 0.29) is 24.0 Å². The first-order chi connectivity index (χ1) is 13.6. The number of hydrogen-bond donors (Lipinski definition) is 2. The second-order valence-corrected chi connectivity index (χ2v) is 6.64. The van der Waals surface area contributed by atoms with Crippen molar-refractivity contribution in [3.8, 4) is 5.75 Å². The molecule has 162 valence electrons. The molecule has 7 nitrogen and oxygen atoms in total. The van der Waals surface area contributed by atoms with Gasteiger partial charge in [0.15, 0.2) is 5.96 Å². The van der Waals surface area contributed by atoms with E-state index >= 15 is 0 Å². The van der Waals surface area contributed by atoms with E-state index in [4.69, 9.17) is 9.47 Å². The van der Waals surface area contributed by atoms with Gasteiger partial charge >= 0.3 is 0 Å². The number of nitrogens with zero attached hydrogens (tertiary/aromatic N) is 3. The summed E-state index contributed by atoms with van der Waals surface area (Å²) in [5.74, 6) is 1.66. The number of nitrogens with one attached hydrogen (secondary N) is 2. The molecular weight excluding hydrogens is 481 g/mol. The first-order valence-electron chi connectivity index (χ1n) is 9.86. The van der Waals surface area contributed by atoms with Gasteiger partial charge in [0.1, 0.15) is 12.4 Å². The molecule has 0 aliphatic carbocycles. The molecule has 0 radical (unpaired) electrons. The molecular formula is C21H34IN5O2. The number of rotatable bonds is 11. The molecule has 0 aliphatic rings. The van der Waals surface area contributed by atoms with Crippen molar-refractivity contribution in [2.24, 2.45) is 4.99 Å². The first kappa shape index (κ1) is 25.2. The average Bonchev–Trinajstić information content (AvgIpc) is 3.11. The van der Waals surface area contributed by atoms with E-state index in [0.717, 1.165) is 36.8 Å². The van der Waals surface area contributed by atoms with Crippen LogP contribution in [0.5, 0.6) is 5.75 Å². The van der Waals surface area contributed by atoms with Crippen molar-refractivity contribution in [1.82, 2.24) is 20.4 Å². The maximum absolute atomic E-state index is 5.90. The Morgan fingerprint density at radius 3 is 2.69 bits per heavy atom. The minimum Gasteiger partial charge on any atom is -0.491 e. The molecule has 0 atom stereocenters. The third-order valence-corrected chi connectivity index (χ3v) is 4.20. The smallest absolute Gasteiger partial charge is 0.191 e. The number of aryl methyl sites for hydroxylation is 3. The van der Waals surface area contributed by atoms with Crippen LogP contribution in [0.15, 0.2) is 35.6 Å². The van der Waals surface area contributed by atoms with Gasteiger partial charge in [-0.25, -0.2) is 0 Å². The second-order valence-electron chi connectivity index (χ2n) is 6.64. The summed E-state index contributed by atoms with van der Waals surface area (Å²) < 4.78 is 13.2. The van der Waals surface area contributed by atoms with Crippen LogP contribution in [0.25, 0.3) is 0 Å². The molecule has 0 fully saturated rings. The molecule has 0 saturated carbocycles. The molecule has 0 aliphatic heterocycles. The van der Waals surface area contributed by atoms with Crippen LogP contribution in [0, 0.1) is 13.8 Å². The van der Waals surface area contributed by atoms with Crippen LogP contribution >= 0.6 is 24.0 Å². The molecule has 8 heteroatoms. The molecule has 0 spiro atoms. The van der Waals surface area contributed by atoms with Gasteiger partial charge in [0, 0.05) is 45.0 Å². The van der Waals surface area contributed by atoms with Crippen LogP contribution in [0.1, 0.15) is 30.0 Å². The molecule has 1 aromatic heterocycles. The summed E-state index contributed by atoms with van der Waals surface area (Å²) in [6.07, 6.45) is 4.90. The van der Waals surface area contributed by atoms with Crippen molar-refractivity contribution in [3.63, 3.8) is 0 Å². The summed E-state index contributed by atoms with van der Waals surface area (Å²) in [7, 11) is 1.78. The Balaban J connectivity index is 0.00000420. The Labute approximate surface area is 191 Å². The zero-order valence-corrected chi connectivity index (χ0v) is 20.2. The van der Waals surface area contributed by atoms with E-state index < -0.39 is 0 Å². The lowest BCUT2D eigenvalue weighted by Gasteiger charge is -2.15. The molecule has 2 rings (SSSR count). The summed E-state index contributed by atoms with van der Waals surface area (Å²) in [6.45, 7) is 10.3. The molecule has 1 aromatic carbocycles. The fourth-order valence-corrected chi connectivity index (χ4v) is 2.73. The van der Waals surface area contributed by atoms with Gasteiger partial charge in [0.05, 0.1) is 12.8 Å². The van der Waals surface area contributed by atoms with Crippen molar-refractivity contribution in [2.75, 3.05) is 33.4 Å². The fourth-order valence-electron chi connectivity index (χ4n) is 2.73. The molecule has 0 unspecified atom stereocenters. The number of ether oxygens (including phenoxy) is 2. The molecule has 2 aromatic rings. The van der Waals surface area contributed by atoms with Gasteiger partial charge in [0.25, 0.3) is 0 Å². The highest BCUT2D eigenvalue weighted by Crippen LogP contribution is 2.20. The van der Waals surface area contributed by atoms with Crippen molar-refractivity contribution < 1.29 is 9.47 Å². The van der Waals surface area contributed by atoms with Gasteiger partial charge in [0.2, 0.25) is 0 Å².